The van der Waals surface area contributed by atoms with Gasteiger partial charge in [-0.15, -0.1) is 0 Å². The number of hydrogen-bond acceptors (Lipinski definition) is 7. The van der Waals surface area contributed by atoms with Gasteiger partial charge in [-0.05, 0) is 18.2 Å². The lowest BCUT2D eigenvalue weighted by molar-refractivity contribution is 0.0398. The molecule has 29 heavy (non-hydrogen) atoms. The molecule has 2 aromatic rings. The fourth-order valence-corrected chi connectivity index (χ4v) is 5.14. The summed E-state index contributed by atoms with van der Waals surface area (Å²) in [5, 5.41) is 7.80. The van der Waals surface area contributed by atoms with Gasteiger partial charge in [0, 0.05) is 49.4 Å². The number of fused-ring (bicyclic) bond motifs is 1. The lowest BCUT2D eigenvalue weighted by Crippen LogP contribution is -2.39. The van der Waals surface area contributed by atoms with Crippen LogP contribution >= 0.6 is 11.6 Å². The fourth-order valence-electron chi connectivity index (χ4n) is 3.87. The van der Waals surface area contributed by atoms with Crippen LogP contribution < -0.4 is 10.6 Å². The van der Waals surface area contributed by atoms with Crippen LogP contribution in [0.25, 0.3) is 10.9 Å². The molecule has 0 radical (unpaired) electrons. The van der Waals surface area contributed by atoms with Crippen molar-refractivity contribution < 1.29 is 13.2 Å². The Morgan fingerprint density at radius 3 is 2.79 bits per heavy atom. The van der Waals surface area contributed by atoms with E-state index in [0.717, 1.165) is 57.3 Å². The molecule has 1 aromatic carbocycles. The second-order valence-electron chi connectivity index (χ2n) is 7.33. The van der Waals surface area contributed by atoms with Crippen LogP contribution in [0.2, 0.25) is 5.02 Å². The second-order valence-corrected chi connectivity index (χ2v) is 9.72. The number of morpholine rings is 1. The summed E-state index contributed by atoms with van der Waals surface area (Å²) in [6.45, 7) is 6.71. The number of sulfone groups is 1. The molecule has 10 heteroatoms. The van der Waals surface area contributed by atoms with Crippen molar-refractivity contribution in [1.29, 1.82) is 0 Å². The molecule has 0 aliphatic carbocycles. The smallest absolute Gasteiger partial charge is 0.179 e. The average Bonchev–Trinajstić information content (AvgIpc) is 3.29. The van der Waals surface area contributed by atoms with Crippen LogP contribution in [0.4, 0.5) is 5.82 Å². The lowest BCUT2D eigenvalue weighted by Gasteiger charge is -2.26. The molecule has 0 spiro atoms. The van der Waals surface area contributed by atoms with Crippen LogP contribution in [0.5, 0.6) is 0 Å². The number of aliphatic imine (C=N–C) groups is 1. The van der Waals surface area contributed by atoms with Gasteiger partial charge < -0.3 is 19.9 Å². The number of ether oxygens (including phenoxy) is 1. The van der Waals surface area contributed by atoms with Crippen LogP contribution in [0.15, 0.2) is 28.1 Å². The van der Waals surface area contributed by atoms with Gasteiger partial charge in [-0.2, -0.15) is 0 Å². The first kappa shape index (κ1) is 20.5. The Kier molecular flexibility index (Phi) is 6.00. The Balaban J connectivity index is 1.71. The van der Waals surface area contributed by atoms with Gasteiger partial charge in [-0.25, -0.2) is 8.42 Å². The topological polar surface area (TPSA) is 88.0 Å². The largest absolute Gasteiger partial charge is 0.379 e. The van der Waals surface area contributed by atoms with Gasteiger partial charge >= 0.3 is 0 Å². The normalized spacial score (nSPS) is 18.1. The summed E-state index contributed by atoms with van der Waals surface area (Å²) >= 11 is 6.20. The molecule has 1 saturated heterocycles. The highest BCUT2D eigenvalue weighted by Gasteiger charge is 2.26. The van der Waals surface area contributed by atoms with Crippen molar-refractivity contribution in [3.63, 3.8) is 0 Å². The number of nitrogens with zero attached hydrogens (tertiary/aromatic N) is 3. The molecule has 8 nitrogen and oxygen atoms in total. The van der Waals surface area contributed by atoms with Gasteiger partial charge in [-0.1, -0.05) is 11.6 Å². The summed E-state index contributed by atoms with van der Waals surface area (Å²) in [6.07, 6.45) is 1.24. The van der Waals surface area contributed by atoms with Crippen molar-refractivity contribution >= 4 is 44.0 Å². The molecule has 2 N–H and O–H groups in total. The molecular formula is C19H26ClN5O3S. The number of rotatable bonds is 7. The van der Waals surface area contributed by atoms with Crippen LogP contribution in [0.3, 0.4) is 0 Å². The number of hydrogen-bond donors (Lipinski definition) is 2. The number of benzene rings is 1. The van der Waals surface area contributed by atoms with Gasteiger partial charge in [0.25, 0.3) is 0 Å². The van der Waals surface area contributed by atoms with Crippen molar-refractivity contribution in [1.82, 2.24) is 14.8 Å². The zero-order valence-electron chi connectivity index (χ0n) is 16.4. The zero-order valence-corrected chi connectivity index (χ0v) is 18.0. The minimum absolute atomic E-state index is 0.288. The van der Waals surface area contributed by atoms with E-state index in [1.165, 1.54) is 6.26 Å². The first-order valence-electron chi connectivity index (χ1n) is 9.76. The number of amidine groups is 1. The van der Waals surface area contributed by atoms with Crippen LogP contribution in [-0.4, -0.2) is 82.5 Å². The van der Waals surface area contributed by atoms with E-state index in [-0.39, 0.29) is 4.90 Å². The highest BCUT2D eigenvalue weighted by atomic mass is 35.5. The molecule has 1 fully saturated rings. The monoisotopic (exact) mass is 439 g/mol. The quantitative estimate of drug-likeness (QED) is 0.678. The molecule has 4 rings (SSSR count). The van der Waals surface area contributed by atoms with Crippen molar-refractivity contribution in [2.24, 2.45) is 4.99 Å². The summed E-state index contributed by atoms with van der Waals surface area (Å²) in [6, 6.07) is 5.38. The first-order chi connectivity index (χ1) is 13.9. The third-order valence-electron chi connectivity index (χ3n) is 5.23. The third kappa shape index (κ3) is 4.53. The van der Waals surface area contributed by atoms with E-state index in [1.807, 2.05) is 10.6 Å². The molecule has 158 valence electrons. The zero-order chi connectivity index (χ0) is 20.4. The standard InChI is InChI=1S/C19H26ClN5O3S/c1-29(26,27)18-15-12-14(20)2-3-16(15)25(13-17-21-4-5-22-17)19(18)23-6-7-24-8-10-28-11-9-24/h2-3,12,23H,4-11,13H2,1H3,(H,21,22). The number of aromatic nitrogens is 1. The van der Waals surface area contributed by atoms with Gasteiger partial charge in [0.05, 0.1) is 31.8 Å². The summed E-state index contributed by atoms with van der Waals surface area (Å²) in [7, 11) is -3.48. The van der Waals surface area contributed by atoms with Crippen molar-refractivity contribution in [2.75, 3.05) is 64.1 Å². The van der Waals surface area contributed by atoms with E-state index < -0.39 is 9.84 Å². The van der Waals surface area contributed by atoms with E-state index >= 15 is 0 Å². The minimum Gasteiger partial charge on any atom is -0.379 e. The third-order valence-corrected chi connectivity index (χ3v) is 6.62. The molecule has 2 aliphatic heterocycles. The van der Waals surface area contributed by atoms with Gasteiger partial charge in [-0.3, -0.25) is 9.89 Å². The Morgan fingerprint density at radius 2 is 2.10 bits per heavy atom. The SMILES string of the molecule is CS(=O)(=O)c1c(NCCN2CCOCC2)n(CC2=NCCN2)c2ccc(Cl)cc12. The molecule has 0 amide bonds. The van der Waals surface area contributed by atoms with E-state index in [1.54, 1.807) is 12.1 Å². The number of halogens is 1. The summed E-state index contributed by atoms with van der Waals surface area (Å²) in [5.74, 6) is 1.45. The van der Waals surface area contributed by atoms with Gasteiger partial charge in [0.1, 0.15) is 16.5 Å². The Labute approximate surface area is 175 Å². The highest BCUT2D eigenvalue weighted by Crippen LogP contribution is 2.35. The maximum atomic E-state index is 12.7. The van der Waals surface area contributed by atoms with E-state index in [0.29, 0.717) is 29.3 Å². The van der Waals surface area contributed by atoms with Gasteiger partial charge in [0.2, 0.25) is 0 Å². The van der Waals surface area contributed by atoms with E-state index in [4.69, 9.17) is 16.3 Å². The molecule has 0 bridgehead atoms. The predicted molar refractivity (Wildman–Crippen MR) is 116 cm³/mol. The van der Waals surface area contributed by atoms with Crippen molar-refractivity contribution in [3.05, 3.63) is 23.2 Å². The maximum absolute atomic E-state index is 12.7. The predicted octanol–water partition coefficient (Wildman–Crippen LogP) is 1.44. The number of nitrogens with one attached hydrogen (secondary N) is 2. The summed E-state index contributed by atoms with van der Waals surface area (Å²) in [5.41, 5.74) is 0.820. The molecule has 1 aromatic heterocycles. The molecule has 2 aliphatic rings. The summed E-state index contributed by atoms with van der Waals surface area (Å²) < 4.78 is 32.8. The van der Waals surface area contributed by atoms with E-state index in [2.05, 4.69) is 20.5 Å². The molecule has 0 unspecified atom stereocenters. The first-order valence-corrected chi connectivity index (χ1v) is 12.0. The Hall–Kier alpha value is -1.81. The Morgan fingerprint density at radius 1 is 1.31 bits per heavy atom. The molecule has 0 saturated carbocycles. The Bertz CT molecular complexity index is 1030. The minimum atomic E-state index is -3.48. The summed E-state index contributed by atoms with van der Waals surface area (Å²) in [4.78, 5) is 7.08. The van der Waals surface area contributed by atoms with Crippen molar-refractivity contribution in [3.8, 4) is 0 Å². The molecule has 3 heterocycles. The van der Waals surface area contributed by atoms with Crippen molar-refractivity contribution in [2.45, 2.75) is 11.4 Å². The second kappa shape index (κ2) is 8.51. The van der Waals surface area contributed by atoms with E-state index in [9.17, 15) is 8.42 Å². The molecule has 0 atom stereocenters. The maximum Gasteiger partial charge on any atom is 0.179 e. The molecular weight excluding hydrogens is 414 g/mol. The number of anilines is 1. The van der Waals surface area contributed by atoms with Gasteiger partial charge in [0.15, 0.2) is 9.84 Å². The highest BCUT2D eigenvalue weighted by molar-refractivity contribution is 7.91. The fraction of sp³-hybridized carbons (Fsp3) is 0.526. The van der Waals surface area contributed by atoms with Crippen LogP contribution in [-0.2, 0) is 21.1 Å². The van der Waals surface area contributed by atoms with Crippen LogP contribution in [0, 0.1) is 0 Å². The van der Waals surface area contributed by atoms with Crippen LogP contribution in [0.1, 0.15) is 0 Å². The lowest BCUT2D eigenvalue weighted by atomic mass is 10.2. The average molecular weight is 440 g/mol.